The van der Waals surface area contributed by atoms with E-state index in [4.69, 9.17) is 28.4 Å². The molecule has 3 saturated heterocycles. The van der Waals surface area contributed by atoms with Crippen molar-refractivity contribution < 1.29 is 46.7 Å². The maximum absolute atomic E-state index is 14.3. The SMILES string of the molecule is CC(C)CN(C[C@@H](O)[C@@H](CC(=O)OC1CCOC1)Cc1ccccc1)S(=O)(=O)c1ccc(OC2CCCCO2)c(OC2CCCCO2)c1. The molecule has 0 aromatic heterocycles. The third kappa shape index (κ3) is 10.6. The molecule has 0 aliphatic carbocycles. The lowest BCUT2D eigenvalue weighted by atomic mass is 9.90. The summed E-state index contributed by atoms with van der Waals surface area (Å²) in [5.74, 6) is -0.402. The zero-order valence-corrected chi connectivity index (χ0v) is 29.0. The van der Waals surface area contributed by atoms with Gasteiger partial charge in [0.25, 0.3) is 0 Å². The van der Waals surface area contributed by atoms with Gasteiger partial charge in [-0.2, -0.15) is 4.31 Å². The maximum atomic E-state index is 14.3. The minimum Gasteiger partial charge on any atom is -0.461 e. The molecule has 48 heavy (non-hydrogen) atoms. The van der Waals surface area contributed by atoms with Gasteiger partial charge in [0.2, 0.25) is 10.0 Å². The number of ether oxygens (including phenoxy) is 6. The zero-order valence-electron chi connectivity index (χ0n) is 28.2. The van der Waals surface area contributed by atoms with Gasteiger partial charge < -0.3 is 33.5 Å². The fourth-order valence-corrected chi connectivity index (χ4v) is 7.87. The highest BCUT2D eigenvalue weighted by molar-refractivity contribution is 7.89. The zero-order chi connectivity index (χ0) is 33.9. The van der Waals surface area contributed by atoms with Crippen LogP contribution in [0.5, 0.6) is 11.5 Å². The Kier molecular flexibility index (Phi) is 13.5. The fourth-order valence-electron chi connectivity index (χ4n) is 6.23. The van der Waals surface area contributed by atoms with Gasteiger partial charge in [-0.3, -0.25) is 4.79 Å². The molecule has 3 aliphatic heterocycles. The van der Waals surface area contributed by atoms with Gasteiger partial charge in [-0.1, -0.05) is 44.2 Å². The van der Waals surface area contributed by atoms with Crippen molar-refractivity contribution in [2.24, 2.45) is 11.8 Å². The third-order valence-corrected chi connectivity index (χ3v) is 10.6. The lowest BCUT2D eigenvalue weighted by molar-refractivity contribution is -0.151. The Morgan fingerprint density at radius 2 is 1.58 bits per heavy atom. The van der Waals surface area contributed by atoms with E-state index in [0.717, 1.165) is 37.7 Å². The molecule has 12 heteroatoms. The minimum absolute atomic E-state index is 0.0123. The number of hydrogen-bond acceptors (Lipinski definition) is 10. The van der Waals surface area contributed by atoms with Crippen molar-refractivity contribution >= 4 is 16.0 Å². The fraction of sp³-hybridized carbons (Fsp3) is 0.639. The maximum Gasteiger partial charge on any atom is 0.306 e. The Morgan fingerprint density at radius 3 is 2.19 bits per heavy atom. The monoisotopic (exact) mass is 689 g/mol. The summed E-state index contributed by atoms with van der Waals surface area (Å²) in [6.07, 6.45) is 3.77. The summed E-state index contributed by atoms with van der Waals surface area (Å²) in [6.45, 7) is 5.87. The summed E-state index contributed by atoms with van der Waals surface area (Å²) in [5.41, 5.74) is 0.932. The summed E-state index contributed by atoms with van der Waals surface area (Å²) < 4.78 is 64.9. The number of nitrogens with zero attached hydrogens (tertiary/aromatic N) is 1. The van der Waals surface area contributed by atoms with Crippen molar-refractivity contribution in [2.75, 3.05) is 39.5 Å². The molecule has 266 valence electrons. The van der Waals surface area contributed by atoms with Gasteiger partial charge in [-0.25, -0.2) is 8.42 Å². The van der Waals surface area contributed by atoms with Crippen molar-refractivity contribution in [3.8, 4) is 11.5 Å². The van der Waals surface area contributed by atoms with E-state index in [9.17, 15) is 18.3 Å². The summed E-state index contributed by atoms with van der Waals surface area (Å²) >= 11 is 0. The first-order valence-corrected chi connectivity index (χ1v) is 18.8. The molecule has 11 nitrogen and oxygen atoms in total. The van der Waals surface area contributed by atoms with Crippen LogP contribution in [0.2, 0.25) is 0 Å². The second-order valence-corrected chi connectivity index (χ2v) is 15.3. The second kappa shape index (κ2) is 17.8. The van der Waals surface area contributed by atoms with E-state index < -0.39 is 40.6 Å². The topological polar surface area (TPSA) is 130 Å². The van der Waals surface area contributed by atoms with Crippen LogP contribution >= 0.6 is 0 Å². The predicted octanol–water partition coefficient (Wildman–Crippen LogP) is 5.09. The van der Waals surface area contributed by atoms with Crippen molar-refractivity contribution in [3.05, 3.63) is 54.1 Å². The molecule has 5 rings (SSSR count). The van der Waals surface area contributed by atoms with Gasteiger partial charge in [0.15, 0.2) is 24.1 Å². The molecular weight excluding hydrogens is 638 g/mol. The number of esters is 1. The number of carbonyl (C=O) groups excluding carboxylic acids is 1. The third-order valence-electron chi connectivity index (χ3n) is 8.80. The molecule has 1 N–H and O–H groups in total. The van der Waals surface area contributed by atoms with E-state index in [1.165, 1.54) is 16.4 Å². The first kappa shape index (κ1) is 36.5. The summed E-state index contributed by atoms with van der Waals surface area (Å²) in [5, 5.41) is 11.7. The number of carbonyl (C=O) groups is 1. The first-order chi connectivity index (χ1) is 23.2. The van der Waals surface area contributed by atoms with Gasteiger partial charge in [0.05, 0.1) is 43.8 Å². The summed E-state index contributed by atoms with van der Waals surface area (Å²) in [4.78, 5) is 13.0. The standard InChI is InChI=1S/C36H51NO10S/c1-26(2)23-37(24-31(38)28(20-27-10-4-3-5-11-27)21-34(39)45-29-16-19-42-25-29)48(40,41)30-14-15-32(46-35-12-6-8-17-43-35)33(22-30)47-36-13-7-9-18-44-36/h3-5,10-11,14-15,22,26,28-29,31,35-36,38H,6-9,12-13,16-21,23-25H2,1-2H3/t28-,29?,31-,35?,36?/m1/s1. The minimum atomic E-state index is -4.12. The second-order valence-electron chi connectivity index (χ2n) is 13.3. The van der Waals surface area contributed by atoms with Crippen LogP contribution in [0.15, 0.2) is 53.4 Å². The van der Waals surface area contributed by atoms with Crippen LogP contribution in [0.4, 0.5) is 0 Å². The molecule has 0 bridgehead atoms. The molecule has 2 aromatic rings. The molecule has 5 atom stereocenters. The van der Waals surface area contributed by atoms with Crippen LogP contribution in [0.3, 0.4) is 0 Å². The van der Waals surface area contributed by atoms with Gasteiger partial charge in [-0.05, 0) is 55.7 Å². The quantitative estimate of drug-likeness (QED) is 0.238. The van der Waals surface area contributed by atoms with Gasteiger partial charge in [0, 0.05) is 44.3 Å². The molecule has 3 fully saturated rings. The van der Waals surface area contributed by atoms with Crippen LogP contribution in [-0.2, 0) is 40.2 Å². The molecule has 0 amide bonds. The lowest BCUT2D eigenvalue weighted by Gasteiger charge is -2.31. The Labute approximate surface area is 284 Å². The van der Waals surface area contributed by atoms with Crippen molar-refractivity contribution in [2.45, 2.75) is 101 Å². The van der Waals surface area contributed by atoms with Crippen molar-refractivity contribution in [1.82, 2.24) is 4.31 Å². The number of hydrogen-bond donors (Lipinski definition) is 1. The number of aliphatic hydroxyl groups is 1. The van der Waals surface area contributed by atoms with Gasteiger partial charge in [-0.15, -0.1) is 0 Å². The average Bonchev–Trinajstić information content (AvgIpc) is 3.59. The van der Waals surface area contributed by atoms with Crippen LogP contribution in [0.1, 0.15) is 70.8 Å². The Morgan fingerprint density at radius 1 is 0.896 bits per heavy atom. The van der Waals surface area contributed by atoms with Gasteiger partial charge >= 0.3 is 5.97 Å². The predicted molar refractivity (Wildman–Crippen MR) is 178 cm³/mol. The highest BCUT2D eigenvalue weighted by Crippen LogP contribution is 2.35. The first-order valence-electron chi connectivity index (χ1n) is 17.4. The van der Waals surface area contributed by atoms with Crippen LogP contribution < -0.4 is 9.47 Å². The summed E-state index contributed by atoms with van der Waals surface area (Å²) in [7, 11) is -4.12. The molecule has 0 radical (unpaired) electrons. The largest absolute Gasteiger partial charge is 0.461 e. The van der Waals surface area contributed by atoms with E-state index in [1.54, 1.807) is 6.07 Å². The normalized spacial score (nSPS) is 23.1. The highest BCUT2D eigenvalue weighted by Gasteiger charge is 2.34. The molecule has 3 unspecified atom stereocenters. The molecular formula is C36H51NO10S. The van der Waals surface area contributed by atoms with E-state index in [0.29, 0.717) is 51.4 Å². The average molecular weight is 690 g/mol. The molecule has 3 heterocycles. The molecule has 0 spiro atoms. The smallest absolute Gasteiger partial charge is 0.306 e. The molecule has 0 saturated carbocycles. The molecule has 3 aliphatic rings. The lowest BCUT2D eigenvalue weighted by Crippen LogP contribution is -2.43. The van der Waals surface area contributed by atoms with Crippen molar-refractivity contribution in [1.29, 1.82) is 0 Å². The Bertz CT molecular complexity index is 1390. The van der Waals surface area contributed by atoms with E-state index in [1.807, 2.05) is 44.2 Å². The highest BCUT2D eigenvalue weighted by atomic mass is 32.2. The number of aliphatic hydroxyl groups excluding tert-OH is 1. The van der Waals surface area contributed by atoms with Gasteiger partial charge in [0.1, 0.15) is 6.10 Å². The van der Waals surface area contributed by atoms with Crippen LogP contribution in [-0.4, -0.2) is 88.1 Å². The van der Waals surface area contributed by atoms with Crippen molar-refractivity contribution in [3.63, 3.8) is 0 Å². The summed E-state index contributed by atoms with van der Waals surface area (Å²) in [6, 6.07) is 14.1. The van der Waals surface area contributed by atoms with E-state index >= 15 is 0 Å². The Hall–Kier alpha value is -2.74. The van der Waals surface area contributed by atoms with E-state index in [2.05, 4.69) is 0 Å². The number of sulfonamides is 1. The van der Waals surface area contributed by atoms with Crippen LogP contribution in [0, 0.1) is 11.8 Å². The molecule has 2 aromatic carbocycles. The Balaban J connectivity index is 1.38. The van der Waals surface area contributed by atoms with E-state index in [-0.39, 0.29) is 42.2 Å². The van der Waals surface area contributed by atoms with Crippen LogP contribution in [0.25, 0.3) is 0 Å². The number of rotatable bonds is 16. The number of benzene rings is 2.